The van der Waals surface area contributed by atoms with Gasteiger partial charge in [-0.2, -0.15) is 18.3 Å². The van der Waals surface area contributed by atoms with Gasteiger partial charge in [-0.1, -0.05) is 41.9 Å². The summed E-state index contributed by atoms with van der Waals surface area (Å²) in [5.41, 5.74) is 0.373. The number of nitrogens with zero attached hydrogens (tertiary/aromatic N) is 3. The summed E-state index contributed by atoms with van der Waals surface area (Å²) in [5, 5.41) is 14.2. The van der Waals surface area contributed by atoms with Crippen molar-refractivity contribution in [3.63, 3.8) is 0 Å². The third-order valence-corrected chi connectivity index (χ3v) is 6.74. The number of carbonyl (C=O) groups is 1. The minimum atomic E-state index is -4.80. The Morgan fingerprint density at radius 2 is 1.78 bits per heavy atom. The highest BCUT2D eigenvalue weighted by Crippen LogP contribution is 2.37. The zero-order chi connectivity index (χ0) is 26.5. The van der Waals surface area contributed by atoms with Gasteiger partial charge in [0, 0.05) is 17.7 Å². The summed E-state index contributed by atoms with van der Waals surface area (Å²) in [6.45, 7) is -0.968. The molecule has 0 aliphatic carbocycles. The minimum absolute atomic E-state index is 0.218. The van der Waals surface area contributed by atoms with Gasteiger partial charge in [0.1, 0.15) is 6.54 Å². The van der Waals surface area contributed by atoms with Gasteiger partial charge in [-0.3, -0.25) is 19.2 Å². The molecule has 3 rings (SSSR count). The first kappa shape index (κ1) is 26.6. The fourth-order valence-electron chi connectivity index (χ4n) is 2.96. The van der Waals surface area contributed by atoms with Crippen LogP contribution in [0.15, 0.2) is 82.8 Å². The number of hydrogen-bond acceptors (Lipinski definition) is 6. The number of alkyl halides is 3. The highest BCUT2D eigenvalue weighted by atomic mass is 35.5. The van der Waals surface area contributed by atoms with Crippen molar-refractivity contribution in [3.8, 4) is 0 Å². The van der Waals surface area contributed by atoms with Crippen LogP contribution in [-0.2, 0) is 21.0 Å². The Labute approximate surface area is 208 Å². The first-order chi connectivity index (χ1) is 16.9. The maximum Gasteiger partial charge on any atom is 0.416 e. The van der Waals surface area contributed by atoms with E-state index in [1.165, 1.54) is 54.6 Å². The van der Waals surface area contributed by atoms with E-state index in [0.29, 0.717) is 16.4 Å². The van der Waals surface area contributed by atoms with E-state index in [0.717, 1.165) is 12.3 Å². The fraction of sp³-hybridized carbons (Fsp3) is 0.0909. The average Bonchev–Trinajstić information content (AvgIpc) is 2.83. The summed E-state index contributed by atoms with van der Waals surface area (Å²) in [6, 6.07) is 14.2. The average molecular weight is 541 g/mol. The highest BCUT2D eigenvalue weighted by Gasteiger charge is 2.34. The number of nitro benzene ring substituents is 1. The summed E-state index contributed by atoms with van der Waals surface area (Å²) < 4.78 is 66.9. The smallest absolute Gasteiger partial charge is 0.271 e. The zero-order valence-electron chi connectivity index (χ0n) is 18.0. The van der Waals surface area contributed by atoms with Crippen molar-refractivity contribution in [2.24, 2.45) is 5.10 Å². The van der Waals surface area contributed by atoms with Crippen LogP contribution in [0.3, 0.4) is 0 Å². The van der Waals surface area contributed by atoms with E-state index in [4.69, 9.17) is 11.6 Å². The van der Waals surface area contributed by atoms with Crippen molar-refractivity contribution in [2.75, 3.05) is 10.8 Å². The second-order valence-electron chi connectivity index (χ2n) is 7.13. The molecule has 1 N–H and O–H groups in total. The maximum atomic E-state index is 13.3. The van der Waals surface area contributed by atoms with E-state index in [-0.39, 0.29) is 21.2 Å². The van der Waals surface area contributed by atoms with Gasteiger partial charge in [-0.05, 0) is 30.3 Å². The number of hydrazone groups is 1. The molecular formula is C22H16ClF3N4O5S. The molecule has 0 unspecified atom stereocenters. The number of rotatable bonds is 8. The SMILES string of the molecule is O=C(CN(c1cc(C(F)(F)F)ccc1Cl)S(=O)(=O)c1ccccc1)N/N=C\c1cccc([N+](=O)[O-])c1. The first-order valence-corrected chi connectivity index (χ1v) is 11.7. The molecule has 1 amide bonds. The number of nitro groups is 1. The molecule has 0 bridgehead atoms. The molecule has 3 aromatic rings. The van der Waals surface area contributed by atoms with Crippen LogP contribution in [0, 0.1) is 10.1 Å². The molecule has 0 aliphatic rings. The van der Waals surface area contributed by atoms with Crippen LogP contribution < -0.4 is 9.73 Å². The van der Waals surface area contributed by atoms with Crippen LogP contribution in [0.2, 0.25) is 5.02 Å². The molecule has 0 spiro atoms. The molecule has 0 atom stereocenters. The molecule has 0 radical (unpaired) electrons. The molecule has 0 fully saturated rings. The zero-order valence-corrected chi connectivity index (χ0v) is 19.6. The monoisotopic (exact) mass is 540 g/mol. The number of amides is 1. The third kappa shape index (κ3) is 6.37. The number of sulfonamides is 1. The Morgan fingerprint density at radius 1 is 1.08 bits per heavy atom. The van der Waals surface area contributed by atoms with Gasteiger partial charge in [0.25, 0.3) is 21.6 Å². The number of hydrogen-bond donors (Lipinski definition) is 1. The van der Waals surface area contributed by atoms with Gasteiger partial charge in [-0.25, -0.2) is 13.8 Å². The quantitative estimate of drug-likeness (QED) is 0.254. The maximum absolute atomic E-state index is 13.3. The van der Waals surface area contributed by atoms with Gasteiger partial charge in [0.05, 0.1) is 32.3 Å². The summed E-state index contributed by atoms with van der Waals surface area (Å²) in [6.07, 6.45) is -3.72. The molecule has 0 saturated heterocycles. The lowest BCUT2D eigenvalue weighted by Crippen LogP contribution is -2.40. The van der Waals surface area contributed by atoms with Crippen molar-refractivity contribution < 1.29 is 31.3 Å². The molecule has 9 nitrogen and oxygen atoms in total. The van der Waals surface area contributed by atoms with E-state index in [1.54, 1.807) is 0 Å². The molecular weight excluding hydrogens is 525 g/mol. The number of carbonyl (C=O) groups excluding carboxylic acids is 1. The fourth-order valence-corrected chi connectivity index (χ4v) is 4.69. The highest BCUT2D eigenvalue weighted by molar-refractivity contribution is 7.92. The molecule has 188 valence electrons. The van der Waals surface area contributed by atoms with Crippen LogP contribution in [0.4, 0.5) is 24.5 Å². The van der Waals surface area contributed by atoms with Gasteiger partial charge in [0.2, 0.25) is 0 Å². The predicted octanol–water partition coefficient (Wildman–Crippen LogP) is 4.61. The van der Waals surface area contributed by atoms with Crippen molar-refractivity contribution >= 4 is 45.1 Å². The van der Waals surface area contributed by atoms with E-state index in [1.807, 2.05) is 0 Å². The second kappa shape index (κ2) is 10.7. The lowest BCUT2D eigenvalue weighted by atomic mass is 10.2. The number of nitrogens with one attached hydrogen (secondary N) is 1. The largest absolute Gasteiger partial charge is 0.416 e. The summed E-state index contributed by atoms with van der Waals surface area (Å²) in [4.78, 5) is 22.5. The van der Waals surface area contributed by atoms with Crippen molar-refractivity contribution in [1.82, 2.24) is 5.43 Å². The minimum Gasteiger partial charge on any atom is -0.271 e. The molecule has 0 aliphatic heterocycles. The normalized spacial score (nSPS) is 11.9. The standard InChI is InChI=1S/C22H16ClF3N4O5S/c23-19-10-9-16(22(24,25)26)12-20(19)29(36(34,35)18-7-2-1-3-8-18)14-21(31)28-27-13-15-5-4-6-17(11-15)30(32)33/h1-13H,14H2,(H,28,31)/b27-13-. The summed E-state index contributed by atoms with van der Waals surface area (Å²) >= 11 is 6.05. The number of non-ortho nitro benzene ring substituents is 1. The molecule has 0 saturated carbocycles. The third-order valence-electron chi connectivity index (χ3n) is 4.64. The molecule has 36 heavy (non-hydrogen) atoms. The van der Waals surface area contributed by atoms with Crippen LogP contribution in [0.1, 0.15) is 11.1 Å². The van der Waals surface area contributed by atoms with Crippen molar-refractivity contribution in [3.05, 3.63) is 99.1 Å². The van der Waals surface area contributed by atoms with Crippen LogP contribution in [0.25, 0.3) is 0 Å². The molecule has 0 heterocycles. The lowest BCUT2D eigenvalue weighted by molar-refractivity contribution is -0.384. The molecule has 0 aromatic heterocycles. The topological polar surface area (TPSA) is 122 Å². The van der Waals surface area contributed by atoms with Crippen molar-refractivity contribution in [1.29, 1.82) is 0 Å². The Hall–Kier alpha value is -3.97. The number of anilines is 1. The van der Waals surface area contributed by atoms with Crippen LogP contribution in [-0.4, -0.2) is 32.0 Å². The van der Waals surface area contributed by atoms with Gasteiger partial charge in [-0.15, -0.1) is 0 Å². The van der Waals surface area contributed by atoms with Crippen LogP contribution >= 0.6 is 11.6 Å². The Kier molecular flexibility index (Phi) is 7.95. The van der Waals surface area contributed by atoms with E-state index < -0.39 is 44.8 Å². The Balaban J connectivity index is 1.93. The van der Waals surface area contributed by atoms with E-state index in [2.05, 4.69) is 10.5 Å². The van der Waals surface area contributed by atoms with Crippen molar-refractivity contribution in [2.45, 2.75) is 11.1 Å². The molecule has 3 aromatic carbocycles. The van der Waals surface area contributed by atoms with E-state index >= 15 is 0 Å². The van der Waals surface area contributed by atoms with Gasteiger partial charge < -0.3 is 0 Å². The van der Waals surface area contributed by atoms with Gasteiger partial charge in [0.15, 0.2) is 0 Å². The summed E-state index contributed by atoms with van der Waals surface area (Å²) in [5.74, 6) is -1.01. The van der Waals surface area contributed by atoms with Crippen LogP contribution in [0.5, 0.6) is 0 Å². The lowest BCUT2D eigenvalue weighted by Gasteiger charge is -2.25. The predicted molar refractivity (Wildman–Crippen MR) is 126 cm³/mol. The molecule has 14 heteroatoms. The first-order valence-electron chi connectivity index (χ1n) is 9.90. The van der Waals surface area contributed by atoms with Gasteiger partial charge >= 0.3 is 6.18 Å². The number of halogens is 4. The Morgan fingerprint density at radius 3 is 2.42 bits per heavy atom. The second-order valence-corrected chi connectivity index (χ2v) is 9.40. The Bertz CT molecular complexity index is 1420. The summed E-state index contributed by atoms with van der Waals surface area (Å²) in [7, 11) is -4.53. The number of benzene rings is 3. The van der Waals surface area contributed by atoms with E-state index in [9.17, 15) is 36.5 Å².